The summed E-state index contributed by atoms with van der Waals surface area (Å²) in [5, 5.41) is 6.22. The maximum absolute atomic E-state index is 18.6. The molecule has 412 valence electrons. The summed E-state index contributed by atoms with van der Waals surface area (Å²) in [5.41, 5.74) is 8.08. The third-order valence-corrected chi connectivity index (χ3v) is 16.8. The Morgan fingerprint density at radius 2 is 0.494 bits per heavy atom. The van der Waals surface area contributed by atoms with Gasteiger partial charge in [-0.05, 0) is 128 Å². The van der Waals surface area contributed by atoms with Crippen LogP contribution in [0.15, 0.2) is 244 Å². The predicted molar refractivity (Wildman–Crippen MR) is 338 cm³/mol. The minimum Gasteiger partial charge on any atom is -0.307 e. The fourth-order valence-electron chi connectivity index (χ4n) is 13.3. The Labute approximate surface area is 492 Å². The van der Waals surface area contributed by atoms with Gasteiger partial charge in [0.05, 0.1) is 66.9 Å². The highest BCUT2D eigenvalue weighted by Gasteiger charge is 2.44. The van der Waals surface area contributed by atoms with E-state index in [0.717, 1.165) is 65.3 Å². The van der Waals surface area contributed by atoms with Gasteiger partial charge in [-0.25, -0.2) is 39.9 Å². The maximum atomic E-state index is 18.6. The fraction of sp³-hybridized carbons (Fsp3) is 0.0278. The Kier molecular flexibility index (Phi) is 11.0. The molecule has 0 radical (unpaired) electrons. The van der Waals surface area contributed by atoms with Gasteiger partial charge in [-0.15, -0.1) is 0 Å². The minimum absolute atomic E-state index is 0.0597. The third kappa shape index (κ3) is 7.58. The molecule has 15 heteroatoms. The quantitative estimate of drug-likeness (QED) is 0.147. The van der Waals surface area contributed by atoms with Crippen molar-refractivity contribution in [2.24, 2.45) is 0 Å². The number of alkyl halides is 3. The van der Waals surface area contributed by atoms with Gasteiger partial charge in [0, 0.05) is 120 Å². The Balaban J connectivity index is 1.13. The molecule has 17 aromatic rings. The molecule has 0 fully saturated rings. The predicted octanol–water partition coefficient (Wildman–Crippen LogP) is 17.2. The monoisotopic (exact) mass is 1130 g/mol. The van der Waals surface area contributed by atoms with Crippen LogP contribution in [0.2, 0.25) is 0 Å². The highest BCUT2D eigenvalue weighted by atomic mass is 19.4. The molecule has 9 aromatic carbocycles. The molecule has 0 N–H and O–H groups in total. The van der Waals surface area contributed by atoms with Crippen LogP contribution >= 0.6 is 0 Å². The molecule has 0 saturated heterocycles. The third-order valence-electron chi connectivity index (χ3n) is 16.8. The number of hydrogen-bond acceptors (Lipinski definition) is 8. The Morgan fingerprint density at radius 3 is 0.747 bits per heavy atom. The van der Waals surface area contributed by atoms with Gasteiger partial charge in [0.25, 0.3) is 0 Å². The van der Waals surface area contributed by atoms with E-state index < -0.39 is 11.7 Å². The van der Waals surface area contributed by atoms with Gasteiger partial charge in [0.2, 0.25) is 0 Å². The first-order valence-corrected chi connectivity index (χ1v) is 28.3. The SMILES string of the molecule is Cc1c(-n2c3ccc(-c4ncccn4)cc3c3cc(-c4ncccn4)ccc32)c(-n2c3ccccc3c3ccccc32)c(C(F)(F)F)c(-n2c3ccccc3c3ccccc32)c1-n1c2ccc(-c3ncccn3)cc2c2cc(-c3ncccn3)ccc21. The van der Waals surface area contributed by atoms with Crippen molar-refractivity contribution >= 4 is 87.2 Å². The van der Waals surface area contributed by atoms with Crippen molar-refractivity contribution in [3.8, 4) is 68.3 Å². The average molecular weight is 1130 g/mol. The summed E-state index contributed by atoms with van der Waals surface area (Å²) in [6.07, 6.45) is 8.51. The van der Waals surface area contributed by atoms with Crippen LogP contribution in [0.25, 0.3) is 156 Å². The number of para-hydroxylation sites is 4. The molecule has 0 aliphatic carbocycles. The van der Waals surface area contributed by atoms with E-state index in [0.29, 0.717) is 84.4 Å². The van der Waals surface area contributed by atoms with E-state index >= 15 is 13.2 Å². The van der Waals surface area contributed by atoms with Crippen LogP contribution in [0.1, 0.15) is 11.1 Å². The second-order valence-corrected chi connectivity index (χ2v) is 21.5. The van der Waals surface area contributed by atoms with E-state index in [1.807, 2.05) is 195 Å². The summed E-state index contributed by atoms with van der Waals surface area (Å²) in [6, 6.07) is 61.8. The second-order valence-electron chi connectivity index (χ2n) is 21.5. The van der Waals surface area contributed by atoms with Gasteiger partial charge in [0.1, 0.15) is 5.56 Å². The molecule has 0 atom stereocenters. The molecule has 0 amide bonds. The largest absolute Gasteiger partial charge is 0.420 e. The van der Waals surface area contributed by atoms with Crippen molar-refractivity contribution in [3.63, 3.8) is 0 Å². The van der Waals surface area contributed by atoms with Gasteiger partial charge >= 0.3 is 6.18 Å². The lowest BCUT2D eigenvalue weighted by Gasteiger charge is -2.30. The zero-order valence-electron chi connectivity index (χ0n) is 46.1. The average Bonchev–Trinajstić information content (AvgIpc) is 1.62. The molecule has 8 aromatic heterocycles. The minimum atomic E-state index is -5.07. The van der Waals surface area contributed by atoms with E-state index in [2.05, 4.69) is 39.9 Å². The van der Waals surface area contributed by atoms with Crippen molar-refractivity contribution in [3.05, 3.63) is 255 Å². The van der Waals surface area contributed by atoms with Gasteiger partial charge in [0.15, 0.2) is 23.3 Å². The van der Waals surface area contributed by atoms with Crippen LogP contribution in [-0.4, -0.2) is 58.1 Å². The maximum Gasteiger partial charge on any atom is 0.420 e. The van der Waals surface area contributed by atoms with Crippen molar-refractivity contribution in [1.82, 2.24) is 58.1 Å². The molecule has 0 bridgehead atoms. The van der Waals surface area contributed by atoms with E-state index in [9.17, 15) is 0 Å². The lowest BCUT2D eigenvalue weighted by Crippen LogP contribution is -2.22. The number of benzene rings is 9. The normalized spacial score (nSPS) is 12.1. The highest BCUT2D eigenvalue weighted by molar-refractivity contribution is 6.16. The number of rotatable bonds is 8. The Bertz CT molecular complexity index is 5000. The Morgan fingerprint density at radius 1 is 0.264 bits per heavy atom. The molecule has 0 saturated carbocycles. The molecular formula is C72H43F3N12. The van der Waals surface area contributed by atoms with Crippen LogP contribution in [-0.2, 0) is 6.18 Å². The summed E-state index contributed by atoms with van der Waals surface area (Å²) in [7, 11) is 0. The smallest absolute Gasteiger partial charge is 0.307 e. The van der Waals surface area contributed by atoms with Crippen molar-refractivity contribution in [2.75, 3.05) is 0 Å². The van der Waals surface area contributed by atoms with Gasteiger partial charge in [-0.3, -0.25) is 0 Å². The highest BCUT2D eigenvalue weighted by Crippen LogP contribution is 2.53. The summed E-state index contributed by atoms with van der Waals surface area (Å²) >= 11 is 0. The standard InChI is InChI=1S/C72H43F3N12/c1-42-64(84-59-26-22-43(68-76-30-10-31-77-68)38-51(59)52-39-44(23-27-60(52)84)69-78-32-11-33-79-69)66(86-55-18-6-2-14-47(55)48-15-3-7-19-56(48)86)63(72(73,74)75)67(87-57-20-8-4-16-49(57)50-17-5-9-21-58(50)87)65(42)85-61-28-24-45(70-80-34-12-35-81-70)40-53(61)54-41-46(25-29-62(54)85)71-82-36-13-37-83-71/h2-41H,1H3. The first-order chi connectivity index (χ1) is 42.8. The number of nitrogens with zero attached hydrogens (tertiary/aromatic N) is 12. The first-order valence-electron chi connectivity index (χ1n) is 28.3. The molecule has 0 aliphatic heterocycles. The summed E-state index contributed by atoms with van der Waals surface area (Å²) in [6.45, 7) is 1.98. The molecule has 0 aliphatic rings. The van der Waals surface area contributed by atoms with Crippen molar-refractivity contribution in [2.45, 2.75) is 13.1 Å². The van der Waals surface area contributed by atoms with Crippen LogP contribution in [0.5, 0.6) is 0 Å². The molecule has 0 unspecified atom stereocenters. The van der Waals surface area contributed by atoms with E-state index in [-0.39, 0.29) is 11.4 Å². The van der Waals surface area contributed by atoms with Crippen molar-refractivity contribution in [1.29, 1.82) is 0 Å². The zero-order valence-corrected chi connectivity index (χ0v) is 46.1. The zero-order chi connectivity index (χ0) is 58.1. The van der Waals surface area contributed by atoms with Gasteiger partial charge in [-0.2, -0.15) is 13.2 Å². The van der Waals surface area contributed by atoms with E-state index in [1.54, 1.807) is 73.8 Å². The number of aromatic nitrogens is 12. The topological polar surface area (TPSA) is 123 Å². The summed E-state index contributed by atoms with van der Waals surface area (Å²) < 4.78 is 63.5. The molecule has 12 nitrogen and oxygen atoms in total. The number of fused-ring (bicyclic) bond motifs is 12. The summed E-state index contributed by atoms with van der Waals surface area (Å²) in [4.78, 5) is 37.2. The van der Waals surface area contributed by atoms with Crippen LogP contribution in [0, 0.1) is 6.92 Å². The van der Waals surface area contributed by atoms with Gasteiger partial charge in [-0.1, -0.05) is 72.8 Å². The number of hydrogen-bond donors (Lipinski definition) is 0. The molecule has 17 rings (SSSR count). The van der Waals surface area contributed by atoms with E-state index in [4.69, 9.17) is 0 Å². The molecule has 8 heterocycles. The van der Waals surface area contributed by atoms with Crippen LogP contribution in [0.4, 0.5) is 13.2 Å². The molecule has 87 heavy (non-hydrogen) atoms. The fourth-order valence-corrected chi connectivity index (χ4v) is 13.3. The summed E-state index contributed by atoms with van der Waals surface area (Å²) in [5.74, 6) is 1.99. The van der Waals surface area contributed by atoms with E-state index in [1.165, 1.54) is 0 Å². The lowest BCUT2D eigenvalue weighted by molar-refractivity contribution is -0.137. The lowest BCUT2D eigenvalue weighted by atomic mass is 9.97. The van der Waals surface area contributed by atoms with Gasteiger partial charge < -0.3 is 18.3 Å². The first kappa shape index (κ1) is 49.9. The molecular weight excluding hydrogens is 1090 g/mol. The Hall–Kier alpha value is -11.7. The second kappa shape index (κ2) is 19.2. The van der Waals surface area contributed by atoms with Crippen LogP contribution in [0.3, 0.4) is 0 Å². The van der Waals surface area contributed by atoms with Crippen molar-refractivity contribution < 1.29 is 13.2 Å². The molecule has 0 spiro atoms. The van der Waals surface area contributed by atoms with Crippen LogP contribution < -0.4 is 0 Å². The number of halogens is 3.